The van der Waals surface area contributed by atoms with Crippen molar-refractivity contribution in [3.8, 4) is 0 Å². The van der Waals surface area contributed by atoms with Gasteiger partial charge in [-0.15, -0.1) is 0 Å². The minimum absolute atomic E-state index is 0.141. The number of halogens is 6. The zero-order chi connectivity index (χ0) is 21.9. The summed E-state index contributed by atoms with van der Waals surface area (Å²) in [5, 5.41) is 0. The Morgan fingerprint density at radius 2 is 1.47 bits per heavy atom. The van der Waals surface area contributed by atoms with Crippen LogP contribution in [0.2, 0.25) is 0 Å². The average Bonchev–Trinajstić information content (AvgIpc) is 2.66. The minimum Gasteiger partial charge on any atom is -0.206 e. The third-order valence-electron chi connectivity index (χ3n) is 7.09. The van der Waals surface area contributed by atoms with Gasteiger partial charge in [0.15, 0.2) is 0 Å². The Labute approximate surface area is 174 Å². The fourth-order valence-electron chi connectivity index (χ4n) is 5.51. The summed E-state index contributed by atoms with van der Waals surface area (Å²) in [6.45, 7) is 1.99. The topological polar surface area (TPSA) is 0 Å². The Balaban J connectivity index is 1.56. The molecule has 0 heterocycles. The molecule has 168 valence electrons. The van der Waals surface area contributed by atoms with Crippen LogP contribution in [0.25, 0.3) is 0 Å². The highest BCUT2D eigenvalue weighted by Gasteiger charge is 2.54. The lowest BCUT2D eigenvalue weighted by atomic mass is 9.67. The third-order valence-corrected chi connectivity index (χ3v) is 7.09. The van der Waals surface area contributed by atoms with Crippen molar-refractivity contribution in [1.29, 1.82) is 0 Å². The molecule has 30 heavy (non-hydrogen) atoms. The lowest BCUT2D eigenvalue weighted by Gasteiger charge is -2.39. The molecule has 3 rings (SSSR count). The van der Waals surface area contributed by atoms with Gasteiger partial charge in [-0.25, -0.2) is 13.2 Å². The van der Waals surface area contributed by atoms with E-state index in [2.05, 4.69) is 12.2 Å². The summed E-state index contributed by atoms with van der Waals surface area (Å²) < 4.78 is 80.5. The Morgan fingerprint density at radius 1 is 0.900 bits per heavy atom. The van der Waals surface area contributed by atoms with Crippen molar-refractivity contribution in [2.24, 2.45) is 23.7 Å². The van der Waals surface area contributed by atoms with E-state index in [1.54, 1.807) is 0 Å². The minimum atomic E-state index is -5.35. The second-order valence-electron chi connectivity index (χ2n) is 9.02. The van der Waals surface area contributed by atoms with Crippen molar-refractivity contribution in [3.05, 3.63) is 47.4 Å². The third kappa shape index (κ3) is 5.42. The predicted molar refractivity (Wildman–Crippen MR) is 107 cm³/mol. The molecule has 3 aliphatic rings. The van der Waals surface area contributed by atoms with Gasteiger partial charge in [0, 0.05) is 6.42 Å². The Bertz CT molecular complexity index is 708. The predicted octanol–water partition coefficient (Wildman–Crippen LogP) is 8.48. The Kier molecular flexibility index (Phi) is 7.24. The molecule has 0 unspecified atom stereocenters. The first-order valence-corrected chi connectivity index (χ1v) is 11.0. The normalized spacial score (nSPS) is 33.4. The molecule has 0 aliphatic heterocycles. The zero-order valence-corrected chi connectivity index (χ0v) is 17.3. The summed E-state index contributed by atoms with van der Waals surface area (Å²) >= 11 is 0. The number of alkyl halides is 5. The monoisotopic (exact) mass is 432 g/mol. The Hall–Kier alpha value is -1.46. The van der Waals surface area contributed by atoms with Gasteiger partial charge in [-0.1, -0.05) is 29.9 Å². The van der Waals surface area contributed by atoms with Crippen LogP contribution in [0.1, 0.15) is 64.7 Å². The quantitative estimate of drug-likeness (QED) is 0.309. The SMILES string of the molecule is C/C=C/C=C/C1CCC(C2CCC(C3=CC(F)=C(C(F)(F)F)C(F)(F)C3)CC2)CC1. The molecule has 0 aromatic carbocycles. The van der Waals surface area contributed by atoms with Gasteiger partial charge in [0.1, 0.15) is 11.4 Å². The molecular weight excluding hydrogens is 402 g/mol. The van der Waals surface area contributed by atoms with Gasteiger partial charge in [-0.2, -0.15) is 13.2 Å². The van der Waals surface area contributed by atoms with Gasteiger partial charge in [0.25, 0.3) is 5.92 Å². The first kappa shape index (κ1) is 23.2. The fourth-order valence-corrected chi connectivity index (χ4v) is 5.51. The van der Waals surface area contributed by atoms with Crippen molar-refractivity contribution in [2.45, 2.75) is 76.8 Å². The van der Waals surface area contributed by atoms with Gasteiger partial charge in [-0.3, -0.25) is 0 Å². The molecule has 0 amide bonds. The maximum Gasteiger partial charge on any atom is 0.421 e. The molecule has 0 aromatic heterocycles. The number of hydrogen-bond acceptors (Lipinski definition) is 0. The summed E-state index contributed by atoms with van der Waals surface area (Å²) in [4.78, 5) is 0. The van der Waals surface area contributed by atoms with Crippen LogP contribution in [-0.4, -0.2) is 12.1 Å². The largest absolute Gasteiger partial charge is 0.421 e. The molecule has 0 bridgehead atoms. The molecule has 6 heteroatoms. The maximum absolute atomic E-state index is 14.1. The lowest BCUT2D eigenvalue weighted by Crippen LogP contribution is -2.35. The van der Waals surface area contributed by atoms with E-state index >= 15 is 0 Å². The van der Waals surface area contributed by atoms with E-state index < -0.39 is 29.9 Å². The van der Waals surface area contributed by atoms with Gasteiger partial charge in [-0.05, 0) is 88.0 Å². The van der Waals surface area contributed by atoms with Gasteiger partial charge in [0.2, 0.25) is 0 Å². The standard InChI is InChI=1S/C24H30F6/c1-2-3-4-5-16-6-8-17(9-7-16)18-10-12-19(13-11-18)20-14-21(25)22(24(28,29)30)23(26,27)15-20/h2-5,14,16-19H,6-13,15H2,1H3/b3-2+,5-4+. The number of hydrogen-bond donors (Lipinski definition) is 0. The first-order valence-electron chi connectivity index (χ1n) is 11.0. The van der Waals surface area contributed by atoms with Crippen molar-refractivity contribution < 1.29 is 26.3 Å². The first-order chi connectivity index (χ1) is 14.1. The van der Waals surface area contributed by atoms with Crippen LogP contribution in [0.15, 0.2) is 47.4 Å². The van der Waals surface area contributed by atoms with Crippen LogP contribution >= 0.6 is 0 Å². The highest BCUT2D eigenvalue weighted by atomic mass is 19.4. The van der Waals surface area contributed by atoms with Crippen LogP contribution in [0.3, 0.4) is 0 Å². The van der Waals surface area contributed by atoms with E-state index in [1.807, 2.05) is 19.1 Å². The summed E-state index contributed by atoms with van der Waals surface area (Å²) in [6.07, 6.45) is 10.5. The smallest absolute Gasteiger partial charge is 0.206 e. The molecule has 0 nitrogen and oxygen atoms in total. The van der Waals surface area contributed by atoms with Gasteiger partial charge < -0.3 is 0 Å². The van der Waals surface area contributed by atoms with Crippen LogP contribution in [0.4, 0.5) is 26.3 Å². The summed E-state index contributed by atoms with van der Waals surface area (Å²) in [5.41, 5.74) is -2.19. The van der Waals surface area contributed by atoms with Crippen LogP contribution in [0, 0.1) is 23.7 Å². The summed E-state index contributed by atoms with van der Waals surface area (Å²) in [6, 6.07) is 0. The average molecular weight is 432 g/mol. The molecule has 0 saturated heterocycles. The van der Waals surface area contributed by atoms with Crippen LogP contribution in [-0.2, 0) is 0 Å². The summed E-state index contributed by atoms with van der Waals surface area (Å²) in [7, 11) is 0. The van der Waals surface area contributed by atoms with Crippen molar-refractivity contribution in [2.75, 3.05) is 0 Å². The van der Waals surface area contributed by atoms with E-state index in [-0.39, 0.29) is 11.5 Å². The molecular formula is C24H30F6. The van der Waals surface area contributed by atoms with Crippen molar-refractivity contribution >= 4 is 0 Å². The highest BCUT2D eigenvalue weighted by Crippen LogP contribution is 2.50. The van der Waals surface area contributed by atoms with Crippen molar-refractivity contribution in [1.82, 2.24) is 0 Å². The van der Waals surface area contributed by atoms with Crippen LogP contribution < -0.4 is 0 Å². The maximum atomic E-state index is 14.1. The van der Waals surface area contributed by atoms with Gasteiger partial charge >= 0.3 is 6.18 Å². The molecule has 0 N–H and O–H groups in total. The molecule has 2 saturated carbocycles. The number of allylic oxidation sites excluding steroid dienone is 8. The molecule has 0 atom stereocenters. The molecule has 3 aliphatic carbocycles. The zero-order valence-electron chi connectivity index (χ0n) is 17.3. The highest BCUT2D eigenvalue weighted by molar-refractivity contribution is 5.38. The molecule has 0 spiro atoms. The van der Waals surface area contributed by atoms with E-state index in [4.69, 9.17) is 0 Å². The van der Waals surface area contributed by atoms with Crippen LogP contribution in [0.5, 0.6) is 0 Å². The fraction of sp³-hybridized carbons (Fsp3) is 0.667. The van der Waals surface area contributed by atoms with E-state index in [0.29, 0.717) is 30.6 Å². The summed E-state index contributed by atoms with van der Waals surface area (Å²) in [5.74, 6) is -4.47. The lowest BCUT2D eigenvalue weighted by molar-refractivity contribution is -0.132. The van der Waals surface area contributed by atoms with E-state index in [9.17, 15) is 26.3 Å². The molecule has 2 fully saturated rings. The molecule has 0 radical (unpaired) electrons. The van der Waals surface area contributed by atoms with E-state index in [1.165, 1.54) is 0 Å². The Morgan fingerprint density at radius 3 is 1.97 bits per heavy atom. The number of rotatable bonds is 4. The second kappa shape index (κ2) is 9.35. The molecule has 0 aromatic rings. The van der Waals surface area contributed by atoms with Gasteiger partial charge in [0.05, 0.1) is 0 Å². The second-order valence-corrected chi connectivity index (χ2v) is 9.02. The van der Waals surface area contributed by atoms with Crippen molar-refractivity contribution in [3.63, 3.8) is 0 Å². The van der Waals surface area contributed by atoms with E-state index in [0.717, 1.165) is 44.6 Å².